The van der Waals surface area contributed by atoms with Crippen LogP contribution in [0.5, 0.6) is 0 Å². The summed E-state index contributed by atoms with van der Waals surface area (Å²) in [5.74, 6) is -0.0238. The Kier molecular flexibility index (Phi) is 4.50. The van der Waals surface area contributed by atoms with E-state index in [4.69, 9.17) is 5.11 Å². The summed E-state index contributed by atoms with van der Waals surface area (Å²) in [6.07, 6.45) is 1.21. The normalized spacial score (nSPS) is 10.3. The number of nitrogens with one attached hydrogen (secondary N) is 1. The van der Waals surface area contributed by atoms with Crippen molar-refractivity contribution in [2.75, 3.05) is 5.32 Å². The Morgan fingerprint density at radius 3 is 2.78 bits per heavy atom. The molecule has 94 valence electrons. The number of anilines is 1. The molecule has 0 fully saturated rings. The zero-order chi connectivity index (χ0) is 12.8. The second-order valence-corrected chi connectivity index (χ2v) is 4.98. The number of para-hydroxylation sites is 1. The third-order valence-electron chi connectivity index (χ3n) is 2.64. The number of benzene rings is 1. The number of amides is 1. The van der Waals surface area contributed by atoms with E-state index in [1.54, 1.807) is 23.5 Å². The van der Waals surface area contributed by atoms with Crippen molar-refractivity contribution >= 4 is 22.9 Å². The molecule has 0 bridgehead atoms. The van der Waals surface area contributed by atoms with Gasteiger partial charge in [-0.25, -0.2) is 0 Å². The molecule has 0 saturated heterocycles. The molecule has 0 aliphatic heterocycles. The number of thiophene rings is 1. The minimum absolute atomic E-state index is 0.0238. The number of carbonyl (C=O) groups is 1. The molecular weight excluding hydrogens is 246 g/mol. The minimum Gasteiger partial charge on any atom is -0.392 e. The molecule has 0 saturated carbocycles. The molecule has 2 aromatic rings. The molecule has 2 N–H and O–H groups in total. The first kappa shape index (κ1) is 12.8. The van der Waals surface area contributed by atoms with Gasteiger partial charge in [0.1, 0.15) is 0 Å². The molecule has 3 nitrogen and oxygen atoms in total. The van der Waals surface area contributed by atoms with Gasteiger partial charge >= 0.3 is 0 Å². The van der Waals surface area contributed by atoms with Crippen LogP contribution in [0.2, 0.25) is 0 Å². The maximum atomic E-state index is 11.8. The van der Waals surface area contributed by atoms with Crippen LogP contribution in [0.3, 0.4) is 0 Å². The lowest BCUT2D eigenvalue weighted by Crippen LogP contribution is -2.13. The first-order chi connectivity index (χ1) is 8.79. The SMILES string of the molecule is O=C(CCc1cccs1)Nc1ccccc1CO. The number of aliphatic hydroxyl groups excluding tert-OH is 1. The Morgan fingerprint density at radius 1 is 1.22 bits per heavy atom. The largest absolute Gasteiger partial charge is 0.392 e. The molecule has 1 aromatic heterocycles. The van der Waals surface area contributed by atoms with E-state index in [0.29, 0.717) is 12.1 Å². The summed E-state index contributed by atoms with van der Waals surface area (Å²) in [5, 5.41) is 14.0. The maximum Gasteiger partial charge on any atom is 0.224 e. The zero-order valence-corrected chi connectivity index (χ0v) is 10.7. The monoisotopic (exact) mass is 261 g/mol. The van der Waals surface area contributed by atoms with Crippen LogP contribution in [-0.4, -0.2) is 11.0 Å². The van der Waals surface area contributed by atoms with Crippen LogP contribution < -0.4 is 5.32 Å². The van der Waals surface area contributed by atoms with Crippen molar-refractivity contribution in [1.82, 2.24) is 0 Å². The molecule has 2 rings (SSSR count). The van der Waals surface area contributed by atoms with E-state index in [0.717, 1.165) is 12.0 Å². The van der Waals surface area contributed by atoms with Crippen LogP contribution in [0.4, 0.5) is 5.69 Å². The quantitative estimate of drug-likeness (QED) is 0.869. The van der Waals surface area contributed by atoms with E-state index < -0.39 is 0 Å². The van der Waals surface area contributed by atoms with Crippen molar-refractivity contribution in [1.29, 1.82) is 0 Å². The number of carbonyl (C=O) groups excluding carboxylic acids is 1. The highest BCUT2D eigenvalue weighted by molar-refractivity contribution is 7.09. The van der Waals surface area contributed by atoms with E-state index in [-0.39, 0.29) is 12.5 Å². The molecule has 0 unspecified atom stereocenters. The average Bonchev–Trinajstić information content (AvgIpc) is 2.90. The van der Waals surface area contributed by atoms with Crippen LogP contribution in [-0.2, 0) is 17.8 Å². The Hall–Kier alpha value is -1.65. The van der Waals surface area contributed by atoms with E-state index in [1.807, 2.05) is 29.6 Å². The summed E-state index contributed by atoms with van der Waals surface area (Å²) in [6.45, 7) is -0.0681. The van der Waals surface area contributed by atoms with Gasteiger partial charge < -0.3 is 10.4 Å². The smallest absolute Gasteiger partial charge is 0.224 e. The van der Waals surface area contributed by atoms with Gasteiger partial charge in [0.05, 0.1) is 6.61 Å². The second-order valence-electron chi connectivity index (χ2n) is 3.94. The molecule has 0 radical (unpaired) electrons. The second kappa shape index (κ2) is 6.33. The molecule has 0 aliphatic rings. The summed E-state index contributed by atoms with van der Waals surface area (Å²) in [5.41, 5.74) is 1.43. The van der Waals surface area contributed by atoms with Crippen LogP contribution in [0, 0.1) is 0 Å². The fourth-order valence-electron chi connectivity index (χ4n) is 1.68. The van der Waals surface area contributed by atoms with E-state index in [1.165, 1.54) is 4.88 Å². The summed E-state index contributed by atoms with van der Waals surface area (Å²) < 4.78 is 0. The number of rotatable bonds is 5. The van der Waals surface area contributed by atoms with E-state index in [9.17, 15) is 4.79 Å². The van der Waals surface area contributed by atoms with Crippen molar-refractivity contribution < 1.29 is 9.90 Å². The van der Waals surface area contributed by atoms with Crippen molar-refractivity contribution in [2.24, 2.45) is 0 Å². The van der Waals surface area contributed by atoms with E-state index in [2.05, 4.69) is 5.32 Å². The van der Waals surface area contributed by atoms with Crippen molar-refractivity contribution in [2.45, 2.75) is 19.4 Å². The first-order valence-corrected chi connectivity index (χ1v) is 6.68. The number of hydrogen-bond acceptors (Lipinski definition) is 3. The van der Waals surface area contributed by atoms with Crippen LogP contribution in [0.25, 0.3) is 0 Å². The predicted molar refractivity (Wildman–Crippen MR) is 73.6 cm³/mol. The third kappa shape index (κ3) is 3.42. The summed E-state index contributed by atoms with van der Waals surface area (Å²) >= 11 is 1.66. The Bertz CT molecular complexity index is 508. The number of aryl methyl sites for hydroxylation is 1. The fraction of sp³-hybridized carbons (Fsp3) is 0.214. The topological polar surface area (TPSA) is 49.3 Å². The first-order valence-electron chi connectivity index (χ1n) is 5.80. The van der Waals surface area contributed by atoms with Gasteiger partial charge in [-0.15, -0.1) is 11.3 Å². The summed E-state index contributed by atoms with van der Waals surface area (Å²) in [7, 11) is 0. The Balaban J connectivity index is 1.90. The predicted octanol–water partition coefficient (Wildman–Crippen LogP) is 2.81. The molecular formula is C14H15NO2S. The van der Waals surface area contributed by atoms with Crippen LogP contribution >= 0.6 is 11.3 Å². The Labute approximate surface area is 110 Å². The summed E-state index contributed by atoms with van der Waals surface area (Å²) in [6, 6.07) is 11.3. The van der Waals surface area contributed by atoms with Gasteiger partial charge in [-0.2, -0.15) is 0 Å². The molecule has 4 heteroatoms. The lowest BCUT2D eigenvalue weighted by atomic mass is 10.2. The standard InChI is InChI=1S/C14H15NO2S/c16-10-11-4-1-2-6-13(11)15-14(17)8-7-12-5-3-9-18-12/h1-6,9,16H,7-8,10H2,(H,15,17). The van der Waals surface area contributed by atoms with Gasteiger partial charge in [0.2, 0.25) is 5.91 Å². The lowest BCUT2D eigenvalue weighted by molar-refractivity contribution is -0.116. The van der Waals surface area contributed by atoms with Gasteiger partial charge in [0, 0.05) is 22.5 Å². The lowest BCUT2D eigenvalue weighted by Gasteiger charge is -2.08. The van der Waals surface area contributed by atoms with E-state index >= 15 is 0 Å². The van der Waals surface area contributed by atoms with Crippen LogP contribution in [0.1, 0.15) is 16.9 Å². The third-order valence-corrected chi connectivity index (χ3v) is 3.58. The molecule has 0 spiro atoms. The molecule has 18 heavy (non-hydrogen) atoms. The molecule has 1 amide bonds. The van der Waals surface area contributed by atoms with Crippen molar-refractivity contribution in [3.8, 4) is 0 Å². The van der Waals surface area contributed by atoms with Crippen molar-refractivity contribution in [3.63, 3.8) is 0 Å². The highest BCUT2D eigenvalue weighted by Crippen LogP contribution is 2.16. The van der Waals surface area contributed by atoms with Gasteiger partial charge in [-0.3, -0.25) is 4.79 Å². The highest BCUT2D eigenvalue weighted by atomic mass is 32.1. The molecule has 0 atom stereocenters. The minimum atomic E-state index is -0.0681. The van der Waals surface area contributed by atoms with Gasteiger partial charge in [0.25, 0.3) is 0 Å². The zero-order valence-electron chi connectivity index (χ0n) is 9.93. The van der Waals surface area contributed by atoms with Gasteiger partial charge in [0.15, 0.2) is 0 Å². The highest BCUT2D eigenvalue weighted by Gasteiger charge is 2.06. The molecule has 1 aromatic carbocycles. The number of hydrogen-bond donors (Lipinski definition) is 2. The van der Waals surface area contributed by atoms with Crippen molar-refractivity contribution in [3.05, 3.63) is 52.2 Å². The van der Waals surface area contributed by atoms with Crippen LogP contribution in [0.15, 0.2) is 41.8 Å². The molecule has 0 aliphatic carbocycles. The van der Waals surface area contributed by atoms with Gasteiger partial charge in [-0.1, -0.05) is 24.3 Å². The molecule has 1 heterocycles. The number of aliphatic hydroxyl groups is 1. The average molecular weight is 261 g/mol. The van der Waals surface area contributed by atoms with Gasteiger partial charge in [-0.05, 0) is 23.9 Å². The maximum absolute atomic E-state index is 11.8. The Morgan fingerprint density at radius 2 is 2.06 bits per heavy atom. The summed E-state index contributed by atoms with van der Waals surface area (Å²) in [4.78, 5) is 13.0. The fourth-order valence-corrected chi connectivity index (χ4v) is 2.39.